The van der Waals surface area contributed by atoms with Crippen molar-refractivity contribution in [3.8, 4) is 0 Å². The fourth-order valence-corrected chi connectivity index (χ4v) is 3.68. The first kappa shape index (κ1) is 22.3. The molecular formula is C23H20F3N5O2. The molecule has 0 fully saturated rings. The molecule has 4 rings (SSSR count). The third-order valence-corrected chi connectivity index (χ3v) is 5.49. The molecule has 1 aromatic carbocycles. The van der Waals surface area contributed by atoms with Crippen LogP contribution in [0.5, 0.6) is 0 Å². The molecule has 0 saturated carbocycles. The van der Waals surface area contributed by atoms with Crippen LogP contribution in [-0.2, 0) is 7.05 Å². The van der Waals surface area contributed by atoms with Crippen molar-refractivity contribution < 1.29 is 22.8 Å². The van der Waals surface area contributed by atoms with Crippen molar-refractivity contribution in [2.45, 2.75) is 13.3 Å². The average Bonchev–Trinajstić information content (AvgIpc) is 3.18. The summed E-state index contributed by atoms with van der Waals surface area (Å²) in [4.78, 5) is 30.7. The van der Waals surface area contributed by atoms with E-state index < -0.39 is 35.0 Å². The Kier molecular flexibility index (Phi) is 5.99. The van der Waals surface area contributed by atoms with Crippen molar-refractivity contribution in [3.05, 3.63) is 82.7 Å². The molecule has 0 atom stereocenters. The van der Waals surface area contributed by atoms with Gasteiger partial charge in [-0.15, -0.1) is 0 Å². The van der Waals surface area contributed by atoms with Crippen molar-refractivity contribution in [1.29, 1.82) is 0 Å². The number of hydrogen-bond acceptors (Lipinski definition) is 4. The molecule has 0 bridgehead atoms. The van der Waals surface area contributed by atoms with Gasteiger partial charge in [-0.25, -0.2) is 18.2 Å². The smallest absolute Gasteiger partial charge is 0.276 e. The van der Waals surface area contributed by atoms with Crippen LogP contribution in [0.3, 0.4) is 0 Å². The molecule has 33 heavy (non-hydrogen) atoms. The van der Waals surface area contributed by atoms with Crippen molar-refractivity contribution in [1.82, 2.24) is 19.7 Å². The third kappa shape index (κ3) is 4.36. The first-order chi connectivity index (χ1) is 15.8. The highest BCUT2D eigenvalue weighted by Gasteiger charge is 2.28. The normalized spacial score (nSPS) is 13.9. The monoisotopic (exact) mass is 455 g/mol. The minimum atomic E-state index is -0.902. The number of nitrogens with one attached hydrogen (secondary N) is 1. The zero-order valence-electron chi connectivity index (χ0n) is 17.9. The number of aryl methyl sites for hydroxylation is 1. The SMILES string of the molecule is CC1=C(c2cc(C(=O)Nc3c(F)cccc3F)nn2C)CN(C(=O)c2ncccc2F)CC1. The maximum absolute atomic E-state index is 14.0. The molecule has 2 amide bonds. The second-order valence-electron chi connectivity index (χ2n) is 7.66. The summed E-state index contributed by atoms with van der Waals surface area (Å²) in [6, 6.07) is 7.34. The van der Waals surface area contributed by atoms with Crippen LogP contribution in [0.25, 0.3) is 5.57 Å². The maximum atomic E-state index is 14.0. The number of halogens is 3. The lowest BCUT2D eigenvalue weighted by Crippen LogP contribution is -2.37. The first-order valence-corrected chi connectivity index (χ1v) is 10.1. The number of anilines is 1. The molecule has 0 radical (unpaired) electrons. The van der Waals surface area contributed by atoms with Gasteiger partial charge in [0.25, 0.3) is 11.8 Å². The lowest BCUT2D eigenvalue weighted by Gasteiger charge is -2.30. The van der Waals surface area contributed by atoms with Crippen LogP contribution in [0, 0.1) is 17.5 Å². The number of rotatable bonds is 4. The molecule has 3 heterocycles. The molecule has 3 aromatic rings. The second kappa shape index (κ2) is 8.89. The van der Waals surface area contributed by atoms with E-state index in [1.165, 1.54) is 40.0 Å². The van der Waals surface area contributed by atoms with E-state index in [0.717, 1.165) is 23.3 Å². The number of benzene rings is 1. The summed E-state index contributed by atoms with van der Waals surface area (Å²) in [5.74, 6) is -3.82. The van der Waals surface area contributed by atoms with Crippen LogP contribution in [0.2, 0.25) is 0 Å². The lowest BCUT2D eigenvalue weighted by atomic mass is 9.98. The van der Waals surface area contributed by atoms with Gasteiger partial charge in [0.1, 0.15) is 17.3 Å². The predicted molar refractivity (Wildman–Crippen MR) is 115 cm³/mol. The van der Waals surface area contributed by atoms with Crippen LogP contribution < -0.4 is 5.32 Å². The summed E-state index contributed by atoms with van der Waals surface area (Å²) < 4.78 is 43.3. The summed E-state index contributed by atoms with van der Waals surface area (Å²) in [6.45, 7) is 2.46. The van der Waals surface area contributed by atoms with Crippen LogP contribution in [0.15, 0.2) is 48.2 Å². The molecular weight excluding hydrogens is 435 g/mol. The van der Waals surface area contributed by atoms with E-state index in [2.05, 4.69) is 15.4 Å². The van der Waals surface area contributed by atoms with Gasteiger partial charge in [0, 0.05) is 26.3 Å². The highest BCUT2D eigenvalue weighted by molar-refractivity contribution is 6.03. The second-order valence-corrected chi connectivity index (χ2v) is 7.66. The van der Waals surface area contributed by atoms with Gasteiger partial charge in [0.2, 0.25) is 0 Å². The van der Waals surface area contributed by atoms with E-state index >= 15 is 0 Å². The van der Waals surface area contributed by atoms with Gasteiger partial charge >= 0.3 is 0 Å². The predicted octanol–water partition coefficient (Wildman–Crippen LogP) is 3.80. The summed E-state index contributed by atoms with van der Waals surface area (Å²) in [6.07, 6.45) is 1.90. The van der Waals surface area contributed by atoms with Gasteiger partial charge in [-0.3, -0.25) is 14.3 Å². The molecule has 0 aliphatic carbocycles. The van der Waals surface area contributed by atoms with Gasteiger partial charge in [0.05, 0.1) is 5.69 Å². The number of para-hydroxylation sites is 1. The topological polar surface area (TPSA) is 80.1 Å². The standard InChI is InChI=1S/C23H20F3N5O2/c1-13-8-10-31(23(33)21-17(26)7-4-9-27-21)12-14(13)19-11-18(29-30(19)2)22(32)28-20-15(24)5-3-6-16(20)25/h3-7,9,11H,8,10,12H2,1-2H3,(H,28,32). The van der Waals surface area contributed by atoms with E-state index in [1.54, 1.807) is 7.05 Å². The van der Waals surface area contributed by atoms with Crippen molar-refractivity contribution in [2.75, 3.05) is 18.4 Å². The molecule has 0 spiro atoms. The van der Waals surface area contributed by atoms with E-state index in [0.29, 0.717) is 18.7 Å². The first-order valence-electron chi connectivity index (χ1n) is 10.1. The Morgan fingerprint density at radius 1 is 1.06 bits per heavy atom. The number of aromatic nitrogens is 3. The highest BCUT2D eigenvalue weighted by atomic mass is 19.1. The molecule has 1 N–H and O–H groups in total. The average molecular weight is 455 g/mol. The highest BCUT2D eigenvalue weighted by Crippen LogP contribution is 2.28. The van der Waals surface area contributed by atoms with Gasteiger partial charge in [-0.05, 0) is 49.2 Å². The number of carbonyl (C=O) groups excluding carboxylic acids is 2. The van der Waals surface area contributed by atoms with Gasteiger partial charge in [0.15, 0.2) is 17.2 Å². The molecule has 0 saturated heterocycles. The maximum Gasteiger partial charge on any atom is 0.276 e. The number of amides is 2. The van der Waals surface area contributed by atoms with E-state index in [9.17, 15) is 22.8 Å². The van der Waals surface area contributed by atoms with Crippen LogP contribution in [0.4, 0.5) is 18.9 Å². The molecule has 1 aliphatic rings. The third-order valence-electron chi connectivity index (χ3n) is 5.49. The zero-order chi connectivity index (χ0) is 23.7. The Morgan fingerprint density at radius 3 is 2.45 bits per heavy atom. The van der Waals surface area contributed by atoms with Crippen molar-refractivity contribution >= 4 is 23.1 Å². The Hall–Kier alpha value is -3.95. The summed E-state index contributed by atoms with van der Waals surface area (Å²) in [5, 5.41) is 6.38. The fourth-order valence-electron chi connectivity index (χ4n) is 3.68. The quantitative estimate of drug-likeness (QED) is 0.649. The Bertz CT molecular complexity index is 1260. The summed E-state index contributed by atoms with van der Waals surface area (Å²) >= 11 is 0. The lowest BCUT2D eigenvalue weighted by molar-refractivity contribution is 0.0761. The zero-order valence-corrected chi connectivity index (χ0v) is 17.9. The number of carbonyl (C=O) groups is 2. The Balaban J connectivity index is 1.58. The van der Waals surface area contributed by atoms with Crippen molar-refractivity contribution in [3.63, 3.8) is 0 Å². The van der Waals surface area contributed by atoms with Crippen LogP contribution in [-0.4, -0.2) is 44.6 Å². The van der Waals surface area contributed by atoms with Crippen LogP contribution >= 0.6 is 0 Å². The molecule has 0 unspecified atom stereocenters. The molecule has 170 valence electrons. The largest absolute Gasteiger partial charge is 0.332 e. The molecule has 10 heteroatoms. The van der Waals surface area contributed by atoms with E-state index in [1.807, 2.05) is 6.92 Å². The number of nitrogens with zero attached hydrogens (tertiary/aromatic N) is 4. The number of pyridine rings is 1. The van der Waals surface area contributed by atoms with Crippen molar-refractivity contribution in [2.24, 2.45) is 7.05 Å². The minimum absolute atomic E-state index is 0.0466. The summed E-state index contributed by atoms with van der Waals surface area (Å²) in [7, 11) is 1.62. The minimum Gasteiger partial charge on any atom is -0.332 e. The van der Waals surface area contributed by atoms with E-state index in [-0.39, 0.29) is 17.9 Å². The molecule has 7 nitrogen and oxygen atoms in total. The van der Waals surface area contributed by atoms with E-state index in [4.69, 9.17) is 0 Å². The molecule has 2 aromatic heterocycles. The number of hydrogen-bond donors (Lipinski definition) is 1. The van der Waals surface area contributed by atoms with Gasteiger partial charge in [-0.2, -0.15) is 5.10 Å². The molecule has 1 aliphatic heterocycles. The summed E-state index contributed by atoms with van der Waals surface area (Å²) in [5.41, 5.74) is 1.43. The van der Waals surface area contributed by atoms with Gasteiger partial charge in [-0.1, -0.05) is 11.6 Å². The fraction of sp³-hybridized carbons (Fsp3) is 0.217. The Morgan fingerprint density at radius 2 is 1.76 bits per heavy atom. The Labute approximate surface area is 187 Å². The van der Waals surface area contributed by atoms with Gasteiger partial charge < -0.3 is 10.2 Å². The van der Waals surface area contributed by atoms with Crippen LogP contribution in [0.1, 0.15) is 40.0 Å².